The number of amides is 1. The first-order valence-corrected chi connectivity index (χ1v) is 10.6. The number of anilines is 1. The van der Waals surface area contributed by atoms with Gasteiger partial charge in [0.05, 0.1) is 10.7 Å². The topological polar surface area (TPSA) is 97.6 Å². The molecule has 0 saturated heterocycles. The quantitative estimate of drug-likeness (QED) is 0.347. The highest BCUT2D eigenvalue weighted by atomic mass is 32.2. The minimum absolute atomic E-state index is 0.253. The van der Waals surface area contributed by atoms with E-state index in [1.165, 1.54) is 0 Å². The smallest absolute Gasteiger partial charge is 0.269 e. The largest absolute Gasteiger partial charge is 0.289 e. The maximum absolute atomic E-state index is 12.3. The van der Waals surface area contributed by atoms with E-state index in [0.29, 0.717) is 17.2 Å². The number of rotatable bonds is 7. The number of hydrogen-bond acceptors (Lipinski definition) is 8. The third kappa shape index (κ3) is 4.98. The van der Waals surface area contributed by atoms with E-state index in [9.17, 15) is 4.79 Å². The molecule has 1 aromatic carbocycles. The summed E-state index contributed by atoms with van der Waals surface area (Å²) in [7, 11) is 0. The minimum atomic E-state index is -0.253. The predicted molar refractivity (Wildman–Crippen MR) is 113 cm³/mol. The van der Waals surface area contributed by atoms with E-state index in [2.05, 4.69) is 36.4 Å². The molecule has 0 unspecified atom stereocenters. The van der Waals surface area contributed by atoms with E-state index in [-0.39, 0.29) is 5.91 Å². The Labute approximate surface area is 175 Å². The van der Waals surface area contributed by atoms with E-state index in [1.54, 1.807) is 70.7 Å². The van der Waals surface area contributed by atoms with Gasteiger partial charge in [-0.25, -0.2) is 9.97 Å². The fourth-order valence-corrected chi connectivity index (χ4v) is 3.96. The number of nitrogens with one attached hydrogen (secondary N) is 2. The van der Waals surface area contributed by atoms with Crippen LogP contribution in [0.5, 0.6) is 0 Å². The van der Waals surface area contributed by atoms with Crippen LogP contribution in [0.3, 0.4) is 0 Å². The summed E-state index contributed by atoms with van der Waals surface area (Å²) in [6.07, 6.45) is 5.08. The molecule has 3 heterocycles. The van der Waals surface area contributed by atoms with Gasteiger partial charge < -0.3 is 0 Å². The van der Waals surface area contributed by atoms with Gasteiger partial charge in [0, 0.05) is 34.0 Å². The summed E-state index contributed by atoms with van der Waals surface area (Å²) in [5.41, 5.74) is 7.02. The van der Waals surface area contributed by atoms with Crippen LogP contribution in [-0.2, 0) is 5.75 Å². The molecule has 10 heteroatoms. The van der Waals surface area contributed by atoms with Crippen LogP contribution in [0.25, 0.3) is 5.82 Å². The number of nitrogens with zero attached hydrogens (tertiary/aromatic N) is 5. The number of thioether (sulfide) groups is 1. The van der Waals surface area contributed by atoms with Gasteiger partial charge in [-0.3, -0.25) is 20.2 Å². The molecule has 0 spiro atoms. The number of aromatic nitrogens is 5. The minimum Gasteiger partial charge on any atom is -0.289 e. The second-order valence-corrected chi connectivity index (χ2v) is 8.11. The molecule has 0 fully saturated rings. The van der Waals surface area contributed by atoms with Crippen molar-refractivity contribution in [2.24, 2.45) is 0 Å². The van der Waals surface area contributed by atoms with Crippen LogP contribution in [0, 0.1) is 6.92 Å². The number of carbonyl (C=O) groups excluding carboxylic acids is 1. The zero-order valence-corrected chi connectivity index (χ0v) is 17.1. The molecule has 1 amide bonds. The molecule has 2 N–H and O–H groups in total. The van der Waals surface area contributed by atoms with Crippen LogP contribution >= 0.6 is 23.1 Å². The molecule has 0 aliphatic heterocycles. The predicted octanol–water partition coefficient (Wildman–Crippen LogP) is 3.48. The second kappa shape index (κ2) is 8.84. The van der Waals surface area contributed by atoms with Crippen molar-refractivity contribution in [2.45, 2.75) is 17.6 Å². The number of carbonyl (C=O) groups is 1. The maximum atomic E-state index is 12.3. The maximum Gasteiger partial charge on any atom is 0.269 e. The van der Waals surface area contributed by atoms with Crippen molar-refractivity contribution in [2.75, 3.05) is 5.43 Å². The highest BCUT2D eigenvalue weighted by Gasteiger charge is 2.07. The number of hydrazine groups is 1. The zero-order chi connectivity index (χ0) is 20.1. The normalized spacial score (nSPS) is 10.7. The molecular formula is C19H17N7OS2. The molecule has 0 saturated carbocycles. The second-order valence-electron chi connectivity index (χ2n) is 6.00. The summed E-state index contributed by atoms with van der Waals surface area (Å²) in [6.45, 7) is 2.00. The molecule has 0 atom stereocenters. The molecule has 3 aromatic heterocycles. The van der Waals surface area contributed by atoms with Crippen LogP contribution in [0.2, 0.25) is 0 Å². The Morgan fingerprint density at radius 2 is 2.03 bits per heavy atom. The Morgan fingerprint density at radius 3 is 2.69 bits per heavy atom. The Balaban J connectivity index is 1.29. The first-order valence-electron chi connectivity index (χ1n) is 8.70. The molecule has 0 bridgehead atoms. The lowest BCUT2D eigenvalue weighted by Gasteiger charge is -2.08. The van der Waals surface area contributed by atoms with Crippen molar-refractivity contribution >= 4 is 34.8 Å². The van der Waals surface area contributed by atoms with E-state index >= 15 is 0 Å². The average Bonchev–Trinajstić information content (AvgIpc) is 3.43. The van der Waals surface area contributed by atoms with Gasteiger partial charge in [0.25, 0.3) is 5.91 Å². The molecular weight excluding hydrogens is 406 g/mol. The lowest BCUT2D eigenvalue weighted by atomic mass is 10.2. The Bertz CT molecular complexity index is 1080. The highest BCUT2D eigenvalue weighted by Crippen LogP contribution is 2.23. The number of thiazole rings is 1. The summed E-state index contributed by atoms with van der Waals surface area (Å²) in [5, 5.41) is 11.3. The van der Waals surface area contributed by atoms with Gasteiger partial charge in [-0.15, -0.1) is 33.3 Å². The van der Waals surface area contributed by atoms with Gasteiger partial charge in [-0.2, -0.15) is 0 Å². The van der Waals surface area contributed by atoms with Crippen molar-refractivity contribution in [1.29, 1.82) is 0 Å². The van der Waals surface area contributed by atoms with Crippen molar-refractivity contribution in [3.63, 3.8) is 0 Å². The Morgan fingerprint density at radius 1 is 1.17 bits per heavy atom. The average molecular weight is 424 g/mol. The van der Waals surface area contributed by atoms with Crippen molar-refractivity contribution in [3.8, 4) is 5.82 Å². The van der Waals surface area contributed by atoms with Crippen LogP contribution in [0.4, 0.5) is 5.82 Å². The van der Waals surface area contributed by atoms with Gasteiger partial charge in [-0.1, -0.05) is 0 Å². The van der Waals surface area contributed by atoms with Gasteiger partial charge >= 0.3 is 0 Å². The zero-order valence-electron chi connectivity index (χ0n) is 15.4. The van der Waals surface area contributed by atoms with E-state index in [1.807, 2.05) is 19.1 Å². The lowest BCUT2D eigenvalue weighted by Crippen LogP contribution is -2.29. The van der Waals surface area contributed by atoms with Crippen LogP contribution in [0.15, 0.2) is 65.4 Å². The lowest BCUT2D eigenvalue weighted by molar-refractivity contribution is 0.0962. The highest BCUT2D eigenvalue weighted by molar-refractivity contribution is 7.98. The molecule has 4 aromatic rings. The van der Waals surface area contributed by atoms with E-state index in [4.69, 9.17) is 0 Å². The Kier molecular flexibility index (Phi) is 5.82. The van der Waals surface area contributed by atoms with Gasteiger partial charge in [0.15, 0.2) is 11.6 Å². The van der Waals surface area contributed by atoms with Crippen LogP contribution in [0.1, 0.15) is 21.1 Å². The van der Waals surface area contributed by atoms with Crippen molar-refractivity contribution in [3.05, 3.63) is 76.8 Å². The third-order valence-corrected chi connectivity index (χ3v) is 5.76. The number of hydrogen-bond donors (Lipinski definition) is 2. The summed E-state index contributed by atoms with van der Waals surface area (Å²) >= 11 is 3.34. The molecule has 0 aliphatic rings. The number of aryl methyl sites for hydroxylation is 1. The van der Waals surface area contributed by atoms with Gasteiger partial charge in [-0.05, 0) is 43.3 Å². The van der Waals surface area contributed by atoms with E-state index < -0.39 is 0 Å². The van der Waals surface area contributed by atoms with Crippen molar-refractivity contribution < 1.29 is 4.79 Å². The standard InChI is InChI=1S/C19H17N7OS2/c1-13-21-15(10-28-13)11-29-16-4-2-14(3-5-16)19(27)25-23-17-6-7-18(24-22-17)26-9-8-20-12-26/h2-10,12H,11H2,1H3,(H,22,23)(H,25,27). The molecule has 8 nitrogen and oxygen atoms in total. The Hall–Kier alpha value is -3.24. The summed E-state index contributed by atoms with van der Waals surface area (Å²) in [5.74, 6) is 1.64. The first kappa shape index (κ1) is 19.1. The molecule has 29 heavy (non-hydrogen) atoms. The third-order valence-electron chi connectivity index (χ3n) is 3.89. The summed E-state index contributed by atoms with van der Waals surface area (Å²) in [4.78, 5) is 21.8. The molecule has 4 rings (SSSR count). The monoisotopic (exact) mass is 423 g/mol. The van der Waals surface area contributed by atoms with Gasteiger partial charge in [0.1, 0.15) is 6.33 Å². The number of benzene rings is 1. The summed E-state index contributed by atoms with van der Waals surface area (Å²) in [6, 6.07) is 10.9. The summed E-state index contributed by atoms with van der Waals surface area (Å²) < 4.78 is 1.74. The van der Waals surface area contributed by atoms with Crippen LogP contribution in [-0.4, -0.2) is 30.6 Å². The number of imidazole rings is 1. The first-order chi connectivity index (χ1) is 14.2. The van der Waals surface area contributed by atoms with Gasteiger partial charge in [0.2, 0.25) is 0 Å². The molecule has 0 radical (unpaired) electrons. The van der Waals surface area contributed by atoms with Crippen molar-refractivity contribution in [1.82, 2.24) is 30.2 Å². The van der Waals surface area contributed by atoms with E-state index in [0.717, 1.165) is 21.3 Å². The SMILES string of the molecule is Cc1nc(CSc2ccc(C(=O)NNc3ccc(-n4ccnc4)nn3)cc2)cs1. The fourth-order valence-electron chi connectivity index (χ4n) is 2.45. The van der Waals surface area contributed by atoms with Crippen LogP contribution < -0.4 is 10.9 Å². The molecule has 0 aliphatic carbocycles. The molecule has 146 valence electrons. The fraction of sp³-hybridized carbons (Fsp3) is 0.105.